The van der Waals surface area contributed by atoms with Crippen LogP contribution in [0.4, 0.5) is 14.5 Å². The van der Waals surface area contributed by atoms with E-state index in [9.17, 15) is 17.2 Å². The summed E-state index contributed by atoms with van der Waals surface area (Å²) in [5.74, 6) is -2.37. The summed E-state index contributed by atoms with van der Waals surface area (Å²) < 4.78 is 58.1. The molecule has 1 aromatic carbocycles. The molecule has 1 aromatic rings. The standard InChI is InChI=1S/C13H18F2N2O3S/c1-20-8-9-2-4-17(5-3-9)21(18,19)12-7-10(16)6-11(14)13(12)15/h6-7,9H,2-5,8,16H2,1H3. The lowest BCUT2D eigenvalue weighted by Gasteiger charge is -2.30. The van der Waals surface area contributed by atoms with Crippen LogP contribution < -0.4 is 5.73 Å². The van der Waals surface area contributed by atoms with Crippen molar-refractivity contribution < 1.29 is 21.9 Å². The molecule has 0 aliphatic carbocycles. The zero-order chi connectivity index (χ0) is 15.6. The van der Waals surface area contributed by atoms with Crippen LogP contribution in [-0.2, 0) is 14.8 Å². The van der Waals surface area contributed by atoms with Gasteiger partial charge in [0, 0.05) is 32.5 Å². The van der Waals surface area contributed by atoms with Crippen molar-refractivity contribution in [2.24, 2.45) is 5.92 Å². The van der Waals surface area contributed by atoms with Gasteiger partial charge in [0.25, 0.3) is 0 Å². The molecule has 0 atom stereocenters. The maximum Gasteiger partial charge on any atom is 0.246 e. The fourth-order valence-corrected chi connectivity index (χ4v) is 4.04. The number of piperidine rings is 1. The Kier molecular flexibility index (Phi) is 4.80. The number of methoxy groups -OCH3 is 1. The van der Waals surface area contributed by atoms with Gasteiger partial charge in [0.05, 0.1) is 0 Å². The number of nitrogens with two attached hydrogens (primary N) is 1. The Balaban J connectivity index is 2.24. The second kappa shape index (κ2) is 6.25. The van der Waals surface area contributed by atoms with Crippen molar-refractivity contribution in [1.82, 2.24) is 4.31 Å². The first-order valence-corrected chi connectivity index (χ1v) is 8.04. The lowest BCUT2D eigenvalue weighted by atomic mass is 9.99. The highest BCUT2D eigenvalue weighted by atomic mass is 32.2. The van der Waals surface area contributed by atoms with Crippen LogP contribution in [0.2, 0.25) is 0 Å². The molecular formula is C13H18F2N2O3S. The van der Waals surface area contributed by atoms with Crippen LogP contribution in [0.25, 0.3) is 0 Å². The number of benzene rings is 1. The molecule has 2 rings (SSSR count). The van der Waals surface area contributed by atoms with Gasteiger partial charge in [-0.3, -0.25) is 0 Å². The molecule has 8 heteroatoms. The first kappa shape index (κ1) is 16.1. The lowest BCUT2D eigenvalue weighted by Crippen LogP contribution is -2.39. The molecule has 1 aliphatic rings. The van der Waals surface area contributed by atoms with Gasteiger partial charge in [-0.15, -0.1) is 0 Å². The van der Waals surface area contributed by atoms with Crippen molar-refractivity contribution in [1.29, 1.82) is 0 Å². The van der Waals surface area contributed by atoms with Gasteiger partial charge in [0.2, 0.25) is 10.0 Å². The predicted octanol–water partition coefficient (Wildman–Crippen LogP) is 1.59. The number of anilines is 1. The van der Waals surface area contributed by atoms with E-state index in [4.69, 9.17) is 10.5 Å². The van der Waals surface area contributed by atoms with Crippen molar-refractivity contribution in [3.63, 3.8) is 0 Å². The van der Waals surface area contributed by atoms with Crippen LogP contribution in [0.15, 0.2) is 17.0 Å². The van der Waals surface area contributed by atoms with Gasteiger partial charge in [-0.2, -0.15) is 4.31 Å². The van der Waals surface area contributed by atoms with E-state index in [0.29, 0.717) is 19.4 Å². The van der Waals surface area contributed by atoms with Gasteiger partial charge in [0.15, 0.2) is 11.6 Å². The Morgan fingerprint density at radius 2 is 1.95 bits per heavy atom. The smallest absolute Gasteiger partial charge is 0.246 e. The fraction of sp³-hybridized carbons (Fsp3) is 0.538. The van der Waals surface area contributed by atoms with Crippen molar-refractivity contribution in [2.75, 3.05) is 32.5 Å². The highest BCUT2D eigenvalue weighted by molar-refractivity contribution is 7.89. The number of rotatable bonds is 4. The highest BCUT2D eigenvalue weighted by Gasteiger charge is 2.32. The Bertz CT molecular complexity index is 614. The van der Waals surface area contributed by atoms with E-state index in [2.05, 4.69) is 0 Å². The quantitative estimate of drug-likeness (QED) is 0.855. The SMILES string of the molecule is COCC1CCN(S(=O)(=O)c2cc(N)cc(F)c2F)CC1. The molecule has 0 radical (unpaired) electrons. The van der Waals surface area contributed by atoms with E-state index in [1.165, 1.54) is 0 Å². The number of halogens is 2. The van der Waals surface area contributed by atoms with Gasteiger partial charge < -0.3 is 10.5 Å². The fourth-order valence-electron chi connectivity index (χ4n) is 2.46. The second-order valence-corrected chi connectivity index (χ2v) is 7.02. The lowest BCUT2D eigenvalue weighted by molar-refractivity contribution is 0.121. The van der Waals surface area contributed by atoms with Crippen molar-refractivity contribution >= 4 is 15.7 Å². The van der Waals surface area contributed by atoms with Crippen molar-refractivity contribution in [2.45, 2.75) is 17.7 Å². The molecule has 1 aliphatic heterocycles. The molecule has 0 saturated carbocycles. The number of hydrogen-bond donors (Lipinski definition) is 1. The molecule has 1 heterocycles. The van der Waals surface area contributed by atoms with E-state index in [1.807, 2.05) is 0 Å². The number of nitrogen functional groups attached to an aromatic ring is 1. The van der Waals surface area contributed by atoms with Crippen LogP contribution >= 0.6 is 0 Å². The zero-order valence-electron chi connectivity index (χ0n) is 11.7. The minimum atomic E-state index is -4.08. The summed E-state index contributed by atoms with van der Waals surface area (Å²) in [7, 11) is -2.49. The van der Waals surface area contributed by atoms with Crippen molar-refractivity contribution in [3.8, 4) is 0 Å². The summed E-state index contributed by atoms with van der Waals surface area (Å²) >= 11 is 0. The molecule has 0 bridgehead atoms. The molecule has 2 N–H and O–H groups in total. The molecule has 0 aromatic heterocycles. The molecule has 118 valence electrons. The normalized spacial score (nSPS) is 18.0. The average Bonchev–Trinajstić information content (AvgIpc) is 2.43. The second-order valence-electron chi connectivity index (χ2n) is 5.12. The van der Waals surface area contributed by atoms with E-state index in [1.54, 1.807) is 7.11 Å². The summed E-state index contributed by atoms with van der Waals surface area (Å²) in [5, 5.41) is 0. The Hall–Kier alpha value is -1.25. The van der Waals surface area contributed by atoms with Crippen LogP contribution in [-0.4, -0.2) is 39.5 Å². The summed E-state index contributed by atoms with van der Waals surface area (Å²) in [6.45, 7) is 1.08. The summed E-state index contributed by atoms with van der Waals surface area (Å²) in [6, 6.07) is 1.72. The maximum absolute atomic E-state index is 13.8. The first-order valence-electron chi connectivity index (χ1n) is 6.60. The molecule has 5 nitrogen and oxygen atoms in total. The summed E-state index contributed by atoms with van der Waals surface area (Å²) in [5.41, 5.74) is 5.29. The Morgan fingerprint density at radius 1 is 1.33 bits per heavy atom. The molecule has 0 unspecified atom stereocenters. The number of nitrogens with zero attached hydrogens (tertiary/aromatic N) is 1. The minimum Gasteiger partial charge on any atom is -0.399 e. The summed E-state index contributed by atoms with van der Waals surface area (Å²) in [4.78, 5) is -0.704. The van der Waals surface area contributed by atoms with Gasteiger partial charge in [-0.25, -0.2) is 17.2 Å². The number of ether oxygens (including phenoxy) is 1. The van der Waals surface area contributed by atoms with E-state index in [-0.39, 0.29) is 24.7 Å². The molecule has 21 heavy (non-hydrogen) atoms. The predicted molar refractivity (Wildman–Crippen MR) is 74.1 cm³/mol. The molecule has 0 spiro atoms. The minimum absolute atomic E-state index is 0.123. The monoisotopic (exact) mass is 320 g/mol. The van der Waals surface area contributed by atoms with Crippen LogP contribution in [0.1, 0.15) is 12.8 Å². The van der Waals surface area contributed by atoms with Gasteiger partial charge in [-0.1, -0.05) is 0 Å². The highest BCUT2D eigenvalue weighted by Crippen LogP contribution is 2.27. The van der Waals surface area contributed by atoms with Crippen LogP contribution in [0.5, 0.6) is 0 Å². The number of hydrogen-bond acceptors (Lipinski definition) is 4. The zero-order valence-corrected chi connectivity index (χ0v) is 12.5. The number of sulfonamides is 1. The third kappa shape index (κ3) is 3.33. The van der Waals surface area contributed by atoms with Crippen molar-refractivity contribution in [3.05, 3.63) is 23.8 Å². The first-order chi connectivity index (χ1) is 9.86. The van der Waals surface area contributed by atoms with E-state index < -0.39 is 26.6 Å². The largest absolute Gasteiger partial charge is 0.399 e. The van der Waals surface area contributed by atoms with Gasteiger partial charge in [0.1, 0.15) is 4.90 Å². The summed E-state index contributed by atoms with van der Waals surface area (Å²) in [6.07, 6.45) is 1.25. The molecule has 1 saturated heterocycles. The molecule has 1 fully saturated rings. The third-order valence-electron chi connectivity index (χ3n) is 3.61. The third-order valence-corrected chi connectivity index (χ3v) is 5.51. The van der Waals surface area contributed by atoms with Gasteiger partial charge in [-0.05, 0) is 30.9 Å². The Morgan fingerprint density at radius 3 is 2.52 bits per heavy atom. The Labute approximate surface area is 122 Å². The van der Waals surface area contributed by atoms with E-state index >= 15 is 0 Å². The molecule has 0 amide bonds. The maximum atomic E-state index is 13.8. The van der Waals surface area contributed by atoms with Crippen LogP contribution in [0, 0.1) is 17.6 Å². The average molecular weight is 320 g/mol. The van der Waals surface area contributed by atoms with Crippen LogP contribution in [0.3, 0.4) is 0 Å². The topological polar surface area (TPSA) is 72.6 Å². The molecular weight excluding hydrogens is 302 g/mol. The van der Waals surface area contributed by atoms with E-state index in [0.717, 1.165) is 16.4 Å². The van der Waals surface area contributed by atoms with Gasteiger partial charge >= 0.3 is 0 Å².